The molecule has 0 aliphatic heterocycles. The quantitative estimate of drug-likeness (QED) is 0.741. The molecule has 2 N–H and O–H groups in total. The molecule has 0 bridgehead atoms. The lowest BCUT2D eigenvalue weighted by atomic mass is 10.0. The van der Waals surface area contributed by atoms with E-state index >= 15 is 0 Å². The van der Waals surface area contributed by atoms with Crippen LogP contribution in [0.5, 0.6) is 0 Å². The summed E-state index contributed by atoms with van der Waals surface area (Å²) >= 11 is 0. The molecule has 1 aliphatic carbocycles. The van der Waals surface area contributed by atoms with E-state index in [2.05, 4.69) is 37.4 Å². The zero-order valence-electron chi connectivity index (χ0n) is 12.0. The monoisotopic (exact) mass is 263 g/mol. The fraction of sp³-hybridized carbons (Fsp3) is 0.625. The molecule has 2 atom stereocenters. The van der Waals surface area contributed by atoms with E-state index < -0.39 is 0 Å². The van der Waals surface area contributed by atoms with Gasteiger partial charge in [0.15, 0.2) is 0 Å². The van der Waals surface area contributed by atoms with E-state index in [1.807, 2.05) is 0 Å². The first kappa shape index (κ1) is 14.5. The van der Waals surface area contributed by atoms with Gasteiger partial charge in [0.2, 0.25) is 0 Å². The lowest BCUT2D eigenvalue weighted by Crippen LogP contribution is -2.26. The summed E-state index contributed by atoms with van der Waals surface area (Å²) in [6.07, 6.45) is 2.17. The number of aryl methyl sites for hydroxylation is 1. The van der Waals surface area contributed by atoms with Crippen molar-refractivity contribution in [3.05, 3.63) is 34.9 Å². The van der Waals surface area contributed by atoms with Gasteiger partial charge >= 0.3 is 0 Å². The Morgan fingerprint density at radius 3 is 3.00 bits per heavy atom. The molecule has 1 aliphatic rings. The van der Waals surface area contributed by atoms with Gasteiger partial charge in [-0.2, -0.15) is 0 Å². The van der Waals surface area contributed by atoms with E-state index in [9.17, 15) is 0 Å². The Morgan fingerprint density at radius 2 is 2.21 bits per heavy atom. The minimum absolute atomic E-state index is 0.111. The summed E-state index contributed by atoms with van der Waals surface area (Å²) in [6, 6.07) is 7.27. The van der Waals surface area contributed by atoms with Crippen LogP contribution in [0.25, 0.3) is 0 Å². The molecule has 0 aromatic heterocycles. The normalized spacial score (nSPS) is 21.6. The van der Waals surface area contributed by atoms with Crippen molar-refractivity contribution in [1.82, 2.24) is 5.32 Å². The van der Waals surface area contributed by atoms with Crippen molar-refractivity contribution in [2.45, 2.75) is 32.7 Å². The average Bonchev–Trinajstić information content (AvgIpc) is 2.69. The van der Waals surface area contributed by atoms with Crippen LogP contribution in [0.4, 0.5) is 0 Å². The van der Waals surface area contributed by atoms with Crippen LogP contribution < -0.4 is 5.32 Å². The molecule has 0 fully saturated rings. The Labute approximate surface area is 116 Å². The Bertz CT molecular complexity index is 406. The first-order valence-corrected chi connectivity index (χ1v) is 7.24. The molecule has 19 heavy (non-hydrogen) atoms. The summed E-state index contributed by atoms with van der Waals surface area (Å²) in [5, 5.41) is 12.3. The highest BCUT2D eigenvalue weighted by atomic mass is 16.5. The van der Waals surface area contributed by atoms with Crippen LogP contribution in [0.1, 0.15) is 36.1 Å². The summed E-state index contributed by atoms with van der Waals surface area (Å²) < 4.78 is 5.27. The summed E-state index contributed by atoms with van der Waals surface area (Å²) in [7, 11) is 0. The fourth-order valence-electron chi connectivity index (χ4n) is 2.87. The highest BCUT2D eigenvalue weighted by molar-refractivity contribution is 5.38. The van der Waals surface area contributed by atoms with Crippen LogP contribution >= 0.6 is 0 Å². The number of ether oxygens (including phenoxy) is 1. The SMILES string of the molecule is Cc1ccc2c(c1)C(NCCCOCCO)C(C)C2. The number of hydrogen-bond donors (Lipinski definition) is 2. The predicted octanol–water partition coefficient (Wildman–Crippen LogP) is 2.22. The van der Waals surface area contributed by atoms with Crippen LogP contribution in [0, 0.1) is 12.8 Å². The number of aliphatic hydroxyl groups excluding tert-OH is 1. The molecule has 106 valence electrons. The van der Waals surface area contributed by atoms with Gasteiger partial charge in [0.05, 0.1) is 13.2 Å². The van der Waals surface area contributed by atoms with Gasteiger partial charge in [-0.1, -0.05) is 30.7 Å². The number of hydrogen-bond acceptors (Lipinski definition) is 3. The van der Waals surface area contributed by atoms with Crippen LogP contribution in [-0.2, 0) is 11.2 Å². The number of nitrogens with one attached hydrogen (secondary N) is 1. The molecule has 2 rings (SSSR count). The van der Waals surface area contributed by atoms with E-state index in [1.54, 1.807) is 0 Å². The molecular weight excluding hydrogens is 238 g/mol. The van der Waals surface area contributed by atoms with Crippen molar-refractivity contribution < 1.29 is 9.84 Å². The minimum atomic E-state index is 0.111. The van der Waals surface area contributed by atoms with E-state index in [0.717, 1.165) is 19.6 Å². The first-order chi connectivity index (χ1) is 9.22. The van der Waals surface area contributed by atoms with Gasteiger partial charge in [-0.3, -0.25) is 0 Å². The second kappa shape index (κ2) is 7.04. The Morgan fingerprint density at radius 1 is 1.37 bits per heavy atom. The van der Waals surface area contributed by atoms with Gasteiger partial charge in [0.1, 0.15) is 0 Å². The van der Waals surface area contributed by atoms with E-state index in [0.29, 0.717) is 18.6 Å². The maximum Gasteiger partial charge on any atom is 0.0697 e. The molecule has 0 saturated carbocycles. The lowest BCUT2D eigenvalue weighted by molar-refractivity contribution is 0.0901. The van der Waals surface area contributed by atoms with Crippen LogP contribution in [0.2, 0.25) is 0 Å². The molecular formula is C16H25NO2. The summed E-state index contributed by atoms with van der Waals surface area (Å²) in [6.45, 7) is 6.71. The Kier molecular flexibility index (Phi) is 5.37. The summed E-state index contributed by atoms with van der Waals surface area (Å²) in [5.74, 6) is 0.662. The van der Waals surface area contributed by atoms with Gasteiger partial charge in [-0.15, -0.1) is 0 Å². The Hall–Kier alpha value is -0.900. The minimum Gasteiger partial charge on any atom is -0.394 e. The molecule has 0 saturated heterocycles. The number of aliphatic hydroxyl groups is 1. The van der Waals surface area contributed by atoms with Gasteiger partial charge in [-0.05, 0) is 43.4 Å². The maximum absolute atomic E-state index is 8.62. The van der Waals surface area contributed by atoms with Gasteiger partial charge in [0, 0.05) is 12.6 Å². The van der Waals surface area contributed by atoms with Crippen LogP contribution in [-0.4, -0.2) is 31.5 Å². The number of rotatable bonds is 7. The first-order valence-electron chi connectivity index (χ1n) is 7.24. The molecule has 2 unspecified atom stereocenters. The van der Waals surface area contributed by atoms with Crippen molar-refractivity contribution in [2.75, 3.05) is 26.4 Å². The van der Waals surface area contributed by atoms with E-state index in [4.69, 9.17) is 9.84 Å². The Balaban J connectivity index is 1.82. The van der Waals surface area contributed by atoms with Crippen LogP contribution in [0.3, 0.4) is 0 Å². The topological polar surface area (TPSA) is 41.5 Å². The molecule has 0 heterocycles. The van der Waals surface area contributed by atoms with Crippen molar-refractivity contribution in [1.29, 1.82) is 0 Å². The molecule has 3 nitrogen and oxygen atoms in total. The van der Waals surface area contributed by atoms with Gasteiger partial charge in [-0.25, -0.2) is 0 Å². The second-order valence-corrected chi connectivity index (χ2v) is 5.51. The molecule has 0 spiro atoms. The van der Waals surface area contributed by atoms with Crippen molar-refractivity contribution >= 4 is 0 Å². The van der Waals surface area contributed by atoms with Gasteiger partial charge in [0.25, 0.3) is 0 Å². The fourth-order valence-corrected chi connectivity index (χ4v) is 2.87. The van der Waals surface area contributed by atoms with Crippen molar-refractivity contribution in [3.8, 4) is 0 Å². The van der Waals surface area contributed by atoms with Crippen LogP contribution in [0.15, 0.2) is 18.2 Å². The summed E-state index contributed by atoms with van der Waals surface area (Å²) in [4.78, 5) is 0. The zero-order chi connectivity index (χ0) is 13.7. The third kappa shape index (κ3) is 3.78. The molecule has 3 heteroatoms. The second-order valence-electron chi connectivity index (χ2n) is 5.51. The average molecular weight is 263 g/mol. The summed E-state index contributed by atoms with van der Waals surface area (Å²) in [5.41, 5.74) is 4.31. The molecule has 0 amide bonds. The van der Waals surface area contributed by atoms with E-state index in [-0.39, 0.29) is 6.61 Å². The van der Waals surface area contributed by atoms with E-state index in [1.165, 1.54) is 23.1 Å². The number of fused-ring (bicyclic) bond motifs is 1. The molecule has 1 aromatic carbocycles. The highest BCUT2D eigenvalue weighted by Crippen LogP contribution is 2.36. The smallest absolute Gasteiger partial charge is 0.0697 e. The van der Waals surface area contributed by atoms with Crippen molar-refractivity contribution in [2.24, 2.45) is 5.92 Å². The largest absolute Gasteiger partial charge is 0.394 e. The highest BCUT2D eigenvalue weighted by Gasteiger charge is 2.28. The zero-order valence-corrected chi connectivity index (χ0v) is 12.0. The molecule has 0 radical (unpaired) electrons. The third-order valence-electron chi connectivity index (χ3n) is 3.81. The van der Waals surface area contributed by atoms with Crippen molar-refractivity contribution in [3.63, 3.8) is 0 Å². The number of benzene rings is 1. The lowest BCUT2D eigenvalue weighted by Gasteiger charge is -2.19. The maximum atomic E-state index is 8.62. The molecule has 1 aromatic rings. The standard InChI is InChI=1S/C16H25NO2/c1-12-4-5-14-11-13(2)16(15(14)10-12)17-6-3-8-19-9-7-18/h4-5,10,13,16-18H,3,6-9,11H2,1-2H3. The third-order valence-corrected chi connectivity index (χ3v) is 3.81. The van der Waals surface area contributed by atoms with Gasteiger partial charge < -0.3 is 15.2 Å². The predicted molar refractivity (Wildman–Crippen MR) is 77.3 cm³/mol.